The van der Waals surface area contributed by atoms with Crippen molar-refractivity contribution in [2.45, 2.75) is 13.0 Å². The van der Waals surface area contributed by atoms with Crippen LogP contribution in [0.15, 0.2) is 11.1 Å². The van der Waals surface area contributed by atoms with E-state index in [1.165, 1.54) is 6.33 Å². The Morgan fingerprint density at radius 1 is 1.77 bits per heavy atom. The van der Waals surface area contributed by atoms with Gasteiger partial charge in [-0.3, -0.25) is 4.79 Å². The van der Waals surface area contributed by atoms with Crippen LogP contribution in [-0.4, -0.2) is 21.9 Å². The van der Waals surface area contributed by atoms with E-state index in [1.54, 1.807) is 0 Å². The van der Waals surface area contributed by atoms with Crippen molar-refractivity contribution in [3.05, 3.63) is 21.7 Å². The zero-order valence-electron chi connectivity index (χ0n) is 6.97. The van der Waals surface area contributed by atoms with Crippen molar-refractivity contribution >= 4 is 29.0 Å². The molecule has 0 fully saturated rings. The second-order valence-electron chi connectivity index (χ2n) is 2.59. The van der Waals surface area contributed by atoms with E-state index in [1.807, 2.05) is 6.92 Å². The van der Waals surface area contributed by atoms with Crippen molar-refractivity contribution < 1.29 is 0 Å². The Hall–Kier alpha value is -0.740. The number of anilines is 1. The van der Waals surface area contributed by atoms with Crippen molar-refractivity contribution in [2.24, 2.45) is 0 Å². The largest absolute Gasteiger partial charge is 0.365 e. The minimum Gasteiger partial charge on any atom is -0.365 e. The molecule has 0 spiro atoms. The molecule has 1 rings (SSSR count). The molecule has 13 heavy (non-hydrogen) atoms. The number of halogens is 2. The number of nitrogens with one attached hydrogen (secondary N) is 2. The molecule has 0 saturated heterocycles. The van der Waals surface area contributed by atoms with Gasteiger partial charge in [-0.15, -0.1) is 11.6 Å². The summed E-state index contributed by atoms with van der Waals surface area (Å²) in [6, 6.07) is 0.0217. The van der Waals surface area contributed by atoms with Gasteiger partial charge < -0.3 is 10.3 Å². The fourth-order valence-corrected chi connectivity index (χ4v) is 0.991. The monoisotopic (exact) mass is 221 g/mol. The number of nitrogens with zero attached hydrogens (tertiary/aromatic N) is 1. The normalized spacial score (nSPS) is 12.5. The van der Waals surface area contributed by atoms with Crippen molar-refractivity contribution in [1.82, 2.24) is 9.97 Å². The molecule has 0 saturated carbocycles. The highest BCUT2D eigenvalue weighted by atomic mass is 35.5. The van der Waals surface area contributed by atoms with Gasteiger partial charge in [0.15, 0.2) is 5.82 Å². The Labute approximate surface area is 85.3 Å². The highest BCUT2D eigenvalue weighted by Crippen LogP contribution is 2.13. The van der Waals surface area contributed by atoms with Crippen molar-refractivity contribution in [2.75, 3.05) is 11.2 Å². The Kier molecular flexibility index (Phi) is 3.57. The molecule has 1 unspecified atom stereocenters. The fraction of sp³-hybridized carbons (Fsp3) is 0.429. The average Bonchev–Trinajstić information content (AvgIpc) is 2.13. The molecule has 0 aromatic carbocycles. The highest BCUT2D eigenvalue weighted by molar-refractivity contribution is 6.32. The first-order valence-corrected chi connectivity index (χ1v) is 4.62. The third kappa shape index (κ3) is 2.60. The van der Waals surface area contributed by atoms with Crippen LogP contribution in [0.5, 0.6) is 0 Å². The quantitative estimate of drug-likeness (QED) is 0.761. The number of hydrogen-bond donors (Lipinski definition) is 2. The smallest absolute Gasteiger partial charge is 0.271 e. The highest BCUT2D eigenvalue weighted by Gasteiger charge is 2.07. The molecule has 0 aliphatic carbocycles. The molecule has 0 aliphatic heterocycles. The minimum atomic E-state index is -0.360. The van der Waals surface area contributed by atoms with Crippen LogP contribution >= 0.6 is 23.2 Å². The van der Waals surface area contributed by atoms with Gasteiger partial charge in [0.05, 0.1) is 6.33 Å². The lowest BCUT2D eigenvalue weighted by atomic mass is 10.4. The van der Waals surface area contributed by atoms with Gasteiger partial charge in [0.25, 0.3) is 5.56 Å². The van der Waals surface area contributed by atoms with Crippen LogP contribution in [0, 0.1) is 0 Å². The van der Waals surface area contributed by atoms with E-state index in [0.717, 1.165) is 0 Å². The maximum atomic E-state index is 11.0. The van der Waals surface area contributed by atoms with E-state index in [2.05, 4.69) is 15.3 Å². The van der Waals surface area contributed by atoms with E-state index in [-0.39, 0.29) is 16.6 Å². The number of H-pyrrole nitrogens is 1. The molecule has 1 aromatic heterocycles. The molecule has 0 radical (unpaired) electrons. The predicted octanol–water partition coefficient (Wildman–Crippen LogP) is 1.46. The first kappa shape index (κ1) is 10.3. The molecule has 0 bridgehead atoms. The summed E-state index contributed by atoms with van der Waals surface area (Å²) < 4.78 is 0. The number of aromatic amines is 1. The second kappa shape index (κ2) is 4.48. The molecule has 0 amide bonds. The van der Waals surface area contributed by atoms with Crippen LogP contribution in [0.25, 0.3) is 0 Å². The first-order valence-electron chi connectivity index (χ1n) is 3.71. The van der Waals surface area contributed by atoms with Crippen LogP contribution in [-0.2, 0) is 0 Å². The van der Waals surface area contributed by atoms with E-state index in [9.17, 15) is 4.79 Å². The number of aromatic nitrogens is 2. The maximum Gasteiger partial charge on any atom is 0.271 e. The number of hydrogen-bond acceptors (Lipinski definition) is 3. The number of alkyl halides is 1. The van der Waals surface area contributed by atoms with Gasteiger partial charge >= 0.3 is 0 Å². The zero-order chi connectivity index (χ0) is 9.84. The number of rotatable bonds is 3. The molecular formula is C7H9Cl2N3O. The predicted molar refractivity (Wildman–Crippen MR) is 53.7 cm³/mol. The lowest BCUT2D eigenvalue weighted by Gasteiger charge is -2.10. The molecule has 2 N–H and O–H groups in total. The van der Waals surface area contributed by atoms with Crippen LogP contribution in [0.2, 0.25) is 5.02 Å². The van der Waals surface area contributed by atoms with Gasteiger partial charge in [0.1, 0.15) is 5.02 Å². The molecule has 1 atom stereocenters. The third-order valence-electron chi connectivity index (χ3n) is 1.41. The van der Waals surface area contributed by atoms with Gasteiger partial charge in [-0.1, -0.05) is 11.6 Å². The first-order chi connectivity index (χ1) is 6.15. The maximum absolute atomic E-state index is 11.0. The Morgan fingerprint density at radius 3 is 3.08 bits per heavy atom. The van der Waals surface area contributed by atoms with Gasteiger partial charge in [0, 0.05) is 11.9 Å². The van der Waals surface area contributed by atoms with E-state index in [0.29, 0.717) is 11.7 Å². The Morgan fingerprint density at radius 2 is 2.46 bits per heavy atom. The van der Waals surface area contributed by atoms with Crippen molar-refractivity contribution in [1.29, 1.82) is 0 Å². The molecule has 4 nitrogen and oxygen atoms in total. The van der Waals surface area contributed by atoms with Crippen molar-refractivity contribution in [3.8, 4) is 0 Å². The lowest BCUT2D eigenvalue weighted by molar-refractivity contribution is 0.892. The van der Waals surface area contributed by atoms with Crippen LogP contribution < -0.4 is 10.9 Å². The van der Waals surface area contributed by atoms with Gasteiger partial charge in [-0.25, -0.2) is 4.98 Å². The van der Waals surface area contributed by atoms with Gasteiger partial charge in [0.2, 0.25) is 0 Å². The van der Waals surface area contributed by atoms with E-state index in [4.69, 9.17) is 23.2 Å². The lowest BCUT2D eigenvalue weighted by Crippen LogP contribution is -2.20. The summed E-state index contributed by atoms with van der Waals surface area (Å²) in [5, 5.41) is 2.96. The van der Waals surface area contributed by atoms with Crippen molar-refractivity contribution in [3.63, 3.8) is 0 Å². The molecule has 0 aliphatic rings. The summed E-state index contributed by atoms with van der Waals surface area (Å²) in [5.74, 6) is 0.781. The summed E-state index contributed by atoms with van der Waals surface area (Å²) in [5.41, 5.74) is -0.360. The summed E-state index contributed by atoms with van der Waals surface area (Å²) >= 11 is 11.3. The van der Waals surface area contributed by atoms with Crippen LogP contribution in [0.1, 0.15) is 6.92 Å². The molecule has 6 heteroatoms. The molecule has 1 heterocycles. The zero-order valence-corrected chi connectivity index (χ0v) is 8.49. The average molecular weight is 222 g/mol. The summed E-state index contributed by atoms with van der Waals surface area (Å²) in [6.07, 6.45) is 1.29. The topological polar surface area (TPSA) is 57.8 Å². The SMILES string of the molecule is CC(CCl)Nc1nc[nH]c(=O)c1Cl. The van der Waals surface area contributed by atoms with Crippen LogP contribution in [0.3, 0.4) is 0 Å². The third-order valence-corrected chi connectivity index (χ3v) is 2.22. The van der Waals surface area contributed by atoms with Crippen LogP contribution in [0.4, 0.5) is 5.82 Å². The summed E-state index contributed by atoms with van der Waals surface area (Å²) in [4.78, 5) is 17.2. The molecule has 72 valence electrons. The Balaban J connectivity index is 2.89. The molecule has 1 aromatic rings. The standard InChI is InChI=1S/C7H9Cl2N3O/c1-4(2-8)12-6-5(9)7(13)11-3-10-6/h3-4H,2H2,1H3,(H2,10,11,12,13). The van der Waals surface area contributed by atoms with E-state index >= 15 is 0 Å². The molecular weight excluding hydrogens is 213 g/mol. The summed E-state index contributed by atoms with van der Waals surface area (Å²) in [7, 11) is 0. The Bertz CT molecular complexity index is 339. The second-order valence-corrected chi connectivity index (χ2v) is 3.28. The van der Waals surface area contributed by atoms with Gasteiger partial charge in [-0.2, -0.15) is 0 Å². The minimum absolute atomic E-state index is 0.0217. The van der Waals surface area contributed by atoms with E-state index < -0.39 is 0 Å². The fourth-order valence-electron chi connectivity index (χ4n) is 0.756. The van der Waals surface area contributed by atoms with Gasteiger partial charge in [-0.05, 0) is 6.92 Å². The summed E-state index contributed by atoms with van der Waals surface area (Å²) in [6.45, 7) is 1.87.